The summed E-state index contributed by atoms with van der Waals surface area (Å²) in [6.45, 7) is 5.68. The normalized spacial score (nSPS) is 30.4. The van der Waals surface area contributed by atoms with Crippen molar-refractivity contribution >= 4 is 6.29 Å². The molecule has 3 saturated carbocycles. The third-order valence-electron chi connectivity index (χ3n) is 5.77. The molecular formula is C18H24O2. The van der Waals surface area contributed by atoms with Gasteiger partial charge in [0.15, 0.2) is 0 Å². The van der Waals surface area contributed by atoms with Crippen molar-refractivity contribution in [1.29, 1.82) is 0 Å². The molecule has 3 fully saturated rings. The van der Waals surface area contributed by atoms with E-state index < -0.39 is 0 Å². The van der Waals surface area contributed by atoms with Crippen LogP contribution in [0.1, 0.15) is 49.9 Å². The molecule has 2 bridgehead atoms. The highest BCUT2D eigenvalue weighted by Crippen LogP contribution is 2.61. The topological polar surface area (TPSA) is 26.3 Å². The third kappa shape index (κ3) is 2.36. The van der Waals surface area contributed by atoms with Crippen LogP contribution in [-0.4, -0.2) is 12.9 Å². The summed E-state index contributed by atoms with van der Waals surface area (Å²) in [7, 11) is 0. The van der Waals surface area contributed by atoms with Crippen molar-refractivity contribution in [3.05, 3.63) is 29.8 Å². The molecule has 108 valence electrons. The molecule has 4 rings (SSSR count). The van der Waals surface area contributed by atoms with E-state index in [2.05, 4.69) is 13.8 Å². The molecule has 0 radical (unpaired) electrons. The summed E-state index contributed by atoms with van der Waals surface area (Å²) in [4.78, 5) is 10.6. The fourth-order valence-electron chi connectivity index (χ4n) is 4.28. The first-order chi connectivity index (χ1) is 9.61. The number of carbonyl (C=O) groups excluding carboxylic acids is 1. The number of carbonyl (C=O) groups is 1. The molecule has 0 heterocycles. The van der Waals surface area contributed by atoms with E-state index in [1.165, 1.54) is 19.3 Å². The van der Waals surface area contributed by atoms with Crippen molar-refractivity contribution in [2.24, 2.45) is 23.2 Å². The number of ether oxygens (including phenoxy) is 1. The molecule has 20 heavy (non-hydrogen) atoms. The van der Waals surface area contributed by atoms with Crippen molar-refractivity contribution in [3.8, 4) is 5.75 Å². The Kier molecular flexibility index (Phi) is 3.57. The standard InChI is InChI=1S/C18H24O2/c1-18(2)15-6-5-14(17(18)11-15)9-10-20-16-7-3-13(12-19)4-8-16/h3-4,7-8,12,14-15,17H,5-6,9-11H2,1-2H3. The van der Waals surface area contributed by atoms with E-state index in [9.17, 15) is 4.79 Å². The summed E-state index contributed by atoms with van der Waals surface area (Å²) in [6.07, 6.45) is 6.25. The summed E-state index contributed by atoms with van der Waals surface area (Å²) >= 11 is 0. The fraction of sp³-hybridized carbons (Fsp3) is 0.611. The summed E-state index contributed by atoms with van der Waals surface area (Å²) < 4.78 is 5.83. The average molecular weight is 272 g/mol. The zero-order valence-corrected chi connectivity index (χ0v) is 12.5. The average Bonchev–Trinajstić information content (AvgIpc) is 2.48. The van der Waals surface area contributed by atoms with Crippen molar-refractivity contribution in [1.82, 2.24) is 0 Å². The summed E-state index contributed by atoms with van der Waals surface area (Å²) in [5, 5.41) is 0. The van der Waals surface area contributed by atoms with Crippen molar-refractivity contribution in [2.45, 2.75) is 39.5 Å². The van der Waals surface area contributed by atoms with E-state index >= 15 is 0 Å². The summed E-state index contributed by atoms with van der Waals surface area (Å²) in [5.41, 5.74) is 1.26. The van der Waals surface area contributed by atoms with Gasteiger partial charge in [0, 0.05) is 5.56 Å². The Labute approximate surface area is 121 Å². The lowest BCUT2D eigenvalue weighted by Crippen LogP contribution is -2.52. The van der Waals surface area contributed by atoms with Gasteiger partial charge in [0.2, 0.25) is 0 Å². The van der Waals surface area contributed by atoms with Gasteiger partial charge in [0.05, 0.1) is 6.61 Å². The zero-order chi connectivity index (χ0) is 14.2. The maximum atomic E-state index is 10.6. The monoisotopic (exact) mass is 272 g/mol. The number of hydrogen-bond acceptors (Lipinski definition) is 2. The maximum Gasteiger partial charge on any atom is 0.150 e. The van der Waals surface area contributed by atoms with Crippen LogP contribution in [0.3, 0.4) is 0 Å². The van der Waals surface area contributed by atoms with Crippen LogP contribution in [0.15, 0.2) is 24.3 Å². The smallest absolute Gasteiger partial charge is 0.150 e. The second kappa shape index (κ2) is 5.23. The first kappa shape index (κ1) is 13.7. The second-order valence-electron chi connectivity index (χ2n) is 7.02. The fourth-order valence-corrected chi connectivity index (χ4v) is 4.28. The quantitative estimate of drug-likeness (QED) is 0.745. The SMILES string of the molecule is CC1(C)C2CCC(CCOc3ccc(C=O)cc3)C1C2. The molecule has 0 amide bonds. The highest BCUT2D eigenvalue weighted by Gasteiger charge is 2.53. The van der Waals surface area contributed by atoms with E-state index in [0.29, 0.717) is 11.0 Å². The minimum atomic E-state index is 0.564. The Morgan fingerprint density at radius 3 is 2.60 bits per heavy atom. The molecule has 3 aliphatic rings. The molecule has 0 spiro atoms. The van der Waals surface area contributed by atoms with Gasteiger partial charge < -0.3 is 4.74 Å². The highest BCUT2D eigenvalue weighted by atomic mass is 16.5. The molecule has 3 aliphatic carbocycles. The molecule has 3 unspecified atom stereocenters. The van der Waals surface area contributed by atoms with Crippen LogP contribution in [0, 0.1) is 23.2 Å². The highest BCUT2D eigenvalue weighted by molar-refractivity contribution is 5.74. The molecule has 3 atom stereocenters. The van der Waals surface area contributed by atoms with Crippen molar-refractivity contribution < 1.29 is 9.53 Å². The molecule has 2 heteroatoms. The van der Waals surface area contributed by atoms with Gasteiger partial charge >= 0.3 is 0 Å². The Bertz CT molecular complexity index is 473. The number of fused-ring (bicyclic) bond motifs is 2. The van der Waals surface area contributed by atoms with Gasteiger partial charge in [0.25, 0.3) is 0 Å². The van der Waals surface area contributed by atoms with Crippen LogP contribution >= 0.6 is 0 Å². The lowest BCUT2D eigenvalue weighted by atomic mass is 9.45. The molecule has 0 N–H and O–H groups in total. The Morgan fingerprint density at radius 2 is 2.00 bits per heavy atom. The van der Waals surface area contributed by atoms with E-state index in [1.54, 1.807) is 0 Å². The zero-order valence-electron chi connectivity index (χ0n) is 12.5. The van der Waals surface area contributed by atoms with Gasteiger partial charge in [0.1, 0.15) is 12.0 Å². The van der Waals surface area contributed by atoms with E-state index in [-0.39, 0.29) is 0 Å². The lowest BCUT2D eigenvalue weighted by Gasteiger charge is -2.60. The van der Waals surface area contributed by atoms with Gasteiger partial charge in [-0.2, -0.15) is 0 Å². The lowest BCUT2D eigenvalue weighted by molar-refractivity contribution is -0.108. The predicted octanol–water partition coefficient (Wildman–Crippen LogP) is 4.34. The minimum absolute atomic E-state index is 0.564. The van der Waals surface area contributed by atoms with Crippen LogP contribution in [-0.2, 0) is 0 Å². The van der Waals surface area contributed by atoms with E-state index in [4.69, 9.17) is 4.74 Å². The first-order valence-electron chi connectivity index (χ1n) is 7.79. The van der Waals surface area contributed by atoms with Gasteiger partial charge in [-0.15, -0.1) is 0 Å². The Balaban J connectivity index is 1.49. The van der Waals surface area contributed by atoms with Gasteiger partial charge in [-0.05, 0) is 73.1 Å². The number of benzene rings is 1. The van der Waals surface area contributed by atoms with Crippen LogP contribution in [0.4, 0.5) is 0 Å². The summed E-state index contributed by atoms with van der Waals surface area (Å²) in [5.74, 6) is 3.59. The van der Waals surface area contributed by atoms with Crippen molar-refractivity contribution in [2.75, 3.05) is 6.61 Å². The van der Waals surface area contributed by atoms with Gasteiger partial charge in [-0.25, -0.2) is 0 Å². The molecule has 1 aromatic carbocycles. The predicted molar refractivity (Wildman–Crippen MR) is 80.0 cm³/mol. The minimum Gasteiger partial charge on any atom is -0.494 e. The number of hydrogen-bond donors (Lipinski definition) is 0. The Morgan fingerprint density at radius 1 is 1.25 bits per heavy atom. The van der Waals surface area contributed by atoms with Crippen LogP contribution in [0.5, 0.6) is 5.75 Å². The largest absolute Gasteiger partial charge is 0.494 e. The van der Waals surface area contributed by atoms with Gasteiger partial charge in [-0.1, -0.05) is 13.8 Å². The molecular weight excluding hydrogens is 248 g/mol. The molecule has 0 saturated heterocycles. The maximum absolute atomic E-state index is 10.6. The van der Waals surface area contributed by atoms with E-state index in [1.807, 2.05) is 24.3 Å². The van der Waals surface area contributed by atoms with Crippen LogP contribution < -0.4 is 4.74 Å². The van der Waals surface area contributed by atoms with Crippen LogP contribution in [0.25, 0.3) is 0 Å². The molecule has 2 nitrogen and oxygen atoms in total. The molecule has 1 aromatic rings. The van der Waals surface area contributed by atoms with E-state index in [0.717, 1.165) is 42.8 Å². The number of aldehydes is 1. The second-order valence-corrected chi connectivity index (χ2v) is 7.02. The molecule has 0 aliphatic heterocycles. The number of rotatable bonds is 5. The van der Waals surface area contributed by atoms with Crippen molar-refractivity contribution in [3.63, 3.8) is 0 Å². The molecule has 0 aromatic heterocycles. The Hall–Kier alpha value is -1.31. The van der Waals surface area contributed by atoms with Gasteiger partial charge in [-0.3, -0.25) is 4.79 Å². The van der Waals surface area contributed by atoms with Crippen LogP contribution in [0.2, 0.25) is 0 Å². The summed E-state index contributed by atoms with van der Waals surface area (Å²) in [6, 6.07) is 7.38. The third-order valence-corrected chi connectivity index (χ3v) is 5.77. The first-order valence-corrected chi connectivity index (χ1v) is 7.79.